The summed E-state index contributed by atoms with van der Waals surface area (Å²) in [6, 6.07) is 8.69. The average molecular weight is 309 g/mol. The third kappa shape index (κ3) is 5.28. The number of nitrogens with zero attached hydrogens (tertiary/aromatic N) is 1. The molecule has 2 nitrogen and oxygen atoms in total. The lowest BCUT2D eigenvalue weighted by molar-refractivity contribution is 0.174. The Morgan fingerprint density at radius 3 is 2.67 bits per heavy atom. The molecule has 0 aromatic heterocycles. The molecule has 1 N–H and O–H groups in total. The SMILES string of the molecule is CCNC(CCN1CCC(CC)CC1)c1cccc(Cl)c1. The summed E-state index contributed by atoms with van der Waals surface area (Å²) in [5.41, 5.74) is 1.31. The van der Waals surface area contributed by atoms with Gasteiger partial charge in [-0.3, -0.25) is 0 Å². The van der Waals surface area contributed by atoms with Gasteiger partial charge in [0, 0.05) is 11.1 Å². The number of rotatable bonds is 7. The van der Waals surface area contributed by atoms with Gasteiger partial charge in [0.15, 0.2) is 0 Å². The van der Waals surface area contributed by atoms with Gasteiger partial charge in [0.1, 0.15) is 0 Å². The summed E-state index contributed by atoms with van der Waals surface area (Å²) in [5.74, 6) is 0.957. The van der Waals surface area contributed by atoms with Gasteiger partial charge in [0.25, 0.3) is 0 Å². The van der Waals surface area contributed by atoms with Gasteiger partial charge in [-0.2, -0.15) is 0 Å². The van der Waals surface area contributed by atoms with E-state index in [0.717, 1.165) is 23.9 Å². The van der Waals surface area contributed by atoms with Crippen LogP contribution in [-0.4, -0.2) is 31.1 Å². The summed E-state index contributed by atoms with van der Waals surface area (Å²) in [5, 5.41) is 4.43. The second-order valence-corrected chi connectivity index (χ2v) is 6.58. The van der Waals surface area contributed by atoms with Gasteiger partial charge in [0.05, 0.1) is 0 Å². The van der Waals surface area contributed by atoms with Crippen LogP contribution in [0, 0.1) is 5.92 Å². The Morgan fingerprint density at radius 2 is 2.05 bits per heavy atom. The van der Waals surface area contributed by atoms with E-state index in [2.05, 4.69) is 42.3 Å². The minimum absolute atomic E-state index is 0.414. The lowest BCUT2D eigenvalue weighted by atomic mass is 9.94. The molecule has 3 heteroatoms. The van der Waals surface area contributed by atoms with Crippen LogP contribution < -0.4 is 5.32 Å². The number of nitrogens with one attached hydrogen (secondary N) is 1. The van der Waals surface area contributed by atoms with Gasteiger partial charge in [-0.25, -0.2) is 0 Å². The fourth-order valence-corrected chi connectivity index (χ4v) is 3.49. The predicted molar refractivity (Wildman–Crippen MR) is 91.9 cm³/mol. The van der Waals surface area contributed by atoms with E-state index in [1.807, 2.05) is 6.07 Å². The first-order chi connectivity index (χ1) is 10.2. The van der Waals surface area contributed by atoms with Crippen molar-refractivity contribution in [2.45, 2.75) is 45.6 Å². The van der Waals surface area contributed by atoms with Crippen molar-refractivity contribution in [2.24, 2.45) is 5.92 Å². The minimum atomic E-state index is 0.414. The Bertz CT molecular complexity index is 413. The van der Waals surface area contributed by atoms with Crippen LogP contribution in [0.15, 0.2) is 24.3 Å². The fourth-order valence-electron chi connectivity index (χ4n) is 3.29. The maximum atomic E-state index is 6.13. The summed E-state index contributed by atoms with van der Waals surface area (Å²) < 4.78 is 0. The van der Waals surface area contributed by atoms with E-state index in [0.29, 0.717) is 6.04 Å². The van der Waals surface area contributed by atoms with Crippen molar-refractivity contribution >= 4 is 11.6 Å². The Morgan fingerprint density at radius 1 is 1.29 bits per heavy atom. The Kier molecular flexibility index (Phi) is 7.01. The fraction of sp³-hybridized carbons (Fsp3) is 0.667. The van der Waals surface area contributed by atoms with Crippen LogP contribution in [0.3, 0.4) is 0 Å². The average Bonchev–Trinajstić information content (AvgIpc) is 2.52. The molecular weight excluding hydrogens is 280 g/mol. The number of halogens is 1. The van der Waals surface area contributed by atoms with Crippen LogP contribution in [0.4, 0.5) is 0 Å². The molecule has 0 bridgehead atoms. The maximum absolute atomic E-state index is 6.13. The van der Waals surface area contributed by atoms with Crippen LogP contribution in [0.25, 0.3) is 0 Å². The predicted octanol–water partition coefficient (Wildman–Crippen LogP) is 4.50. The van der Waals surface area contributed by atoms with Crippen LogP contribution >= 0.6 is 11.6 Å². The molecule has 1 aliphatic rings. The van der Waals surface area contributed by atoms with Gasteiger partial charge in [-0.15, -0.1) is 0 Å². The molecule has 1 aromatic rings. The normalized spacial score (nSPS) is 18.8. The molecule has 1 fully saturated rings. The van der Waals surface area contributed by atoms with Gasteiger partial charge >= 0.3 is 0 Å². The molecule has 0 aliphatic carbocycles. The van der Waals surface area contributed by atoms with Gasteiger partial charge < -0.3 is 10.2 Å². The highest BCUT2D eigenvalue weighted by Crippen LogP contribution is 2.23. The number of benzene rings is 1. The number of piperidine rings is 1. The quantitative estimate of drug-likeness (QED) is 0.797. The molecule has 1 aliphatic heterocycles. The van der Waals surface area contributed by atoms with Crippen LogP contribution in [0.5, 0.6) is 0 Å². The summed E-state index contributed by atoms with van der Waals surface area (Å²) in [4.78, 5) is 2.63. The van der Waals surface area contributed by atoms with E-state index in [-0.39, 0.29) is 0 Å². The molecule has 1 unspecified atom stereocenters. The molecule has 2 rings (SSSR count). The van der Waals surface area contributed by atoms with Gasteiger partial charge in [-0.1, -0.05) is 44.0 Å². The number of likely N-dealkylation sites (tertiary alicyclic amines) is 1. The second-order valence-electron chi connectivity index (χ2n) is 6.15. The van der Waals surface area contributed by atoms with Crippen molar-refractivity contribution in [3.63, 3.8) is 0 Å². The van der Waals surface area contributed by atoms with E-state index in [1.54, 1.807) is 0 Å². The lowest BCUT2D eigenvalue weighted by Gasteiger charge is -2.32. The molecule has 0 amide bonds. The summed E-state index contributed by atoms with van der Waals surface area (Å²) >= 11 is 6.13. The number of hydrogen-bond donors (Lipinski definition) is 1. The summed E-state index contributed by atoms with van der Waals surface area (Å²) in [6.45, 7) is 9.21. The van der Waals surface area contributed by atoms with Gasteiger partial charge in [-0.05, 0) is 69.1 Å². The highest BCUT2D eigenvalue weighted by Gasteiger charge is 2.19. The lowest BCUT2D eigenvalue weighted by Crippen LogP contribution is -2.36. The molecular formula is C18H29ClN2. The van der Waals surface area contributed by atoms with E-state index < -0.39 is 0 Å². The van der Waals surface area contributed by atoms with Crippen LogP contribution in [-0.2, 0) is 0 Å². The molecule has 0 saturated carbocycles. The largest absolute Gasteiger partial charge is 0.310 e. The first-order valence-corrected chi connectivity index (χ1v) is 8.82. The summed E-state index contributed by atoms with van der Waals surface area (Å²) in [7, 11) is 0. The summed E-state index contributed by atoms with van der Waals surface area (Å²) in [6.07, 6.45) is 5.25. The maximum Gasteiger partial charge on any atom is 0.0409 e. The van der Waals surface area contributed by atoms with E-state index in [4.69, 9.17) is 11.6 Å². The number of hydrogen-bond acceptors (Lipinski definition) is 2. The Balaban J connectivity index is 1.86. The van der Waals surface area contributed by atoms with Crippen molar-refractivity contribution in [2.75, 3.05) is 26.2 Å². The highest BCUT2D eigenvalue weighted by atomic mass is 35.5. The smallest absolute Gasteiger partial charge is 0.0409 e. The Hall–Kier alpha value is -0.570. The Labute approximate surface area is 134 Å². The molecule has 118 valence electrons. The molecule has 1 atom stereocenters. The first-order valence-electron chi connectivity index (χ1n) is 8.44. The van der Waals surface area contributed by atoms with Crippen LogP contribution in [0.1, 0.15) is 51.1 Å². The highest BCUT2D eigenvalue weighted by molar-refractivity contribution is 6.30. The standard InChI is InChI=1S/C18H29ClN2/c1-3-15-8-11-21(12-9-15)13-10-18(20-4-2)16-6-5-7-17(19)14-16/h5-7,14-15,18,20H,3-4,8-13H2,1-2H3. The van der Waals surface area contributed by atoms with E-state index in [1.165, 1.54) is 44.5 Å². The van der Waals surface area contributed by atoms with E-state index in [9.17, 15) is 0 Å². The molecule has 0 radical (unpaired) electrons. The van der Waals surface area contributed by atoms with Crippen molar-refractivity contribution in [3.8, 4) is 0 Å². The van der Waals surface area contributed by atoms with E-state index >= 15 is 0 Å². The topological polar surface area (TPSA) is 15.3 Å². The molecule has 1 aromatic carbocycles. The third-order valence-corrected chi connectivity index (χ3v) is 4.96. The van der Waals surface area contributed by atoms with Gasteiger partial charge in [0.2, 0.25) is 0 Å². The second kappa shape index (κ2) is 8.77. The molecule has 0 spiro atoms. The van der Waals surface area contributed by atoms with Crippen molar-refractivity contribution in [3.05, 3.63) is 34.9 Å². The zero-order valence-electron chi connectivity index (χ0n) is 13.4. The van der Waals surface area contributed by atoms with Crippen molar-refractivity contribution in [1.82, 2.24) is 10.2 Å². The van der Waals surface area contributed by atoms with Crippen LogP contribution in [0.2, 0.25) is 5.02 Å². The molecule has 1 heterocycles. The zero-order chi connectivity index (χ0) is 15.1. The monoisotopic (exact) mass is 308 g/mol. The molecule has 21 heavy (non-hydrogen) atoms. The minimum Gasteiger partial charge on any atom is -0.310 e. The third-order valence-electron chi connectivity index (χ3n) is 4.72. The first kappa shape index (κ1) is 16.8. The molecule has 1 saturated heterocycles. The zero-order valence-corrected chi connectivity index (χ0v) is 14.2. The van der Waals surface area contributed by atoms with Crippen molar-refractivity contribution < 1.29 is 0 Å². The van der Waals surface area contributed by atoms with Crippen molar-refractivity contribution in [1.29, 1.82) is 0 Å².